The van der Waals surface area contributed by atoms with Gasteiger partial charge < -0.3 is 24.8 Å². The number of ether oxygens (including phenoxy) is 1. The molecular weight excluding hydrogens is 456 g/mol. The first kappa shape index (κ1) is 26.0. The van der Waals surface area contributed by atoms with Gasteiger partial charge in [-0.25, -0.2) is 15.0 Å². The van der Waals surface area contributed by atoms with Crippen molar-refractivity contribution in [3.05, 3.63) is 29.6 Å². The molecule has 2 bridgehead atoms. The smallest absolute Gasteiger partial charge is 0.290 e. The summed E-state index contributed by atoms with van der Waals surface area (Å²) in [5, 5.41) is 18.5. The van der Waals surface area contributed by atoms with Crippen LogP contribution in [0, 0.1) is 19.8 Å². The van der Waals surface area contributed by atoms with Gasteiger partial charge in [-0.05, 0) is 20.8 Å². The van der Waals surface area contributed by atoms with E-state index in [1.165, 1.54) is 11.3 Å². The summed E-state index contributed by atoms with van der Waals surface area (Å²) in [7, 11) is 0. The lowest BCUT2D eigenvalue weighted by Gasteiger charge is -2.32. The molecule has 2 saturated heterocycles. The Kier molecular flexibility index (Phi) is 9.09. The van der Waals surface area contributed by atoms with Gasteiger partial charge >= 0.3 is 0 Å². The van der Waals surface area contributed by atoms with Crippen molar-refractivity contribution >= 4 is 29.9 Å². The Morgan fingerprint density at radius 1 is 1.11 bits per heavy atom. The van der Waals surface area contributed by atoms with Gasteiger partial charge in [0.25, 0.3) is 12.9 Å². The number of nitrogens with zero attached hydrogens (tertiary/aromatic N) is 7. The predicted molar refractivity (Wildman–Crippen MR) is 127 cm³/mol. The number of aromatic nitrogens is 6. The van der Waals surface area contributed by atoms with Crippen molar-refractivity contribution in [3.63, 3.8) is 0 Å². The number of rotatable bonds is 4. The topological polar surface area (TPSA) is 163 Å². The molecule has 35 heavy (non-hydrogen) atoms. The lowest BCUT2D eigenvalue weighted by Crippen LogP contribution is -2.44. The molecule has 13 nitrogen and oxygen atoms in total. The third kappa shape index (κ3) is 5.92. The van der Waals surface area contributed by atoms with Crippen LogP contribution in [0.25, 0.3) is 11.2 Å². The number of hydrogen-bond donors (Lipinski definition) is 3. The maximum absolute atomic E-state index is 8.36. The molecule has 2 aliphatic heterocycles. The number of H-pyrrole nitrogens is 1. The monoisotopic (exact) mass is 488 g/mol. The second-order valence-corrected chi connectivity index (χ2v) is 8.38. The van der Waals surface area contributed by atoms with E-state index in [0.717, 1.165) is 56.4 Å². The van der Waals surface area contributed by atoms with Crippen molar-refractivity contribution < 1.29 is 24.5 Å². The molecule has 5 rings (SSSR count). The van der Waals surface area contributed by atoms with Crippen molar-refractivity contribution in [2.45, 2.75) is 39.9 Å². The minimum atomic E-state index is -0.250. The first-order valence-corrected chi connectivity index (χ1v) is 11.4. The molecule has 190 valence electrons. The highest BCUT2D eigenvalue weighted by Crippen LogP contribution is 2.29. The molecule has 0 radical (unpaired) electrons. The third-order valence-electron chi connectivity index (χ3n) is 6.23. The van der Waals surface area contributed by atoms with Crippen molar-refractivity contribution in [3.8, 4) is 0 Å². The Morgan fingerprint density at radius 2 is 1.86 bits per heavy atom. The molecule has 2 aliphatic rings. The number of imidazole rings is 1. The molecule has 3 aromatic heterocycles. The third-order valence-corrected chi connectivity index (χ3v) is 6.23. The summed E-state index contributed by atoms with van der Waals surface area (Å²) in [6.45, 7) is 12.2. The van der Waals surface area contributed by atoms with Crippen molar-refractivity contribution in [1.82, 2.24) is 34.6 Å². The van der Waals surface area contributed by atoms with Crippen LogP contribution in [0.1, 0.15) is 23.9 Å². The number of carboxylic acid groups (broad SMARTS) is 2. The van der Waals surface area contributed by atoms with Gasteiger partial charge in [0, 0.05) is 49.9 Å². The standard InChI is InChI=1S/C20H28N8O.2CH2O2/c1-4-28-14(3)17(13(2)25-28)8-26-5-15-6-27(16(7-26)10-29-9-15)20-18-19(22-11-21-18)23-12-24-20;2*2-1-3/h11-12,15-16H,4-10H2,1-3H3,(H,21,22,23,24);2*1H,(H,2,3)/t15-,16-;;/m0../s1. The second-order valence-electron chi connectivity index (χ2n) is 8.38. The molecule has 5 heterocycles. The Balaban J connectivity index is 0.000000520. The van der Waals surface area contributed by atoms with Gasteiger partial charge in [-0.15, -0.1) is 0 Å². The van der Waals surface area contributed by atoms with E-state index in [0.29, 0.717) is 18.2 Å². The largest absolute Gasteiger partial charge is 0.483 e. The van der Waals surface area contributed by atoms with Crippen LogP contribution in [0.5, 0.6) is 0 Å². The zero-order valence-corrected chi connectivity index (χ0v) is 20.2. The van der Waals surface area contributed by atoms with Crippen LogP contribution < -0.4 is 4.90 Å². The SMILES string of the molecule is CCn1nc(C)c(CN2C[C@@H]3COC[C@H](C2)N(c2ncnc4nc[nH]c24)C3)c1C.O=CO.O=CO. The average molecular weight is 489 g/mol. The van der Waals surface area contributed by atoms with E-state index in [4.69, 9.17) is 29.6 Å². The molecule has 0 unspecified atom stereocenters. The lowest BCUT2D eigenvalue weighted by atomic mass is 10.1. The summed E-state index contributed by atoms with van der Waals surface area (Å²) in [6.07, 6.45) is 3.30. The minimum Gasteiger partial charge on any atom is -0.483 e. The van der Waals surface area contributed by atoms with Gasteiger partial charge in [0.15, 0.2) is 11.5 Å². The van der Waals surface area contributed by atoms with Gasteiger partial charge in [-0.1, -0.05) is 0 Å². The van der Waals surface area contributed by atoms with E-state index in [2.05, 4.69) is 55.2 Å². The van der Waals surface area contributed by atoms with Crippen LogP contribution in [0.4, 0.5) is 5.82 Å². The van der Waals surface area contributed by atoms with E-state index >= 15 is 0 Å². The van der Waals surface area contributed by atoms with E-state index < -0.39 is 0 Å². The molecule has 13 heteroatoms. The zero-order chi connectivity index (χ0) is 25.4. The van der Waals surface area contributed by atoms with E-state index in [9.17, 15) is 0 Å². The second kappa shape index (κ2) is 12.2. The van der Waals surface area contributed by atoms with Crippen molar-refractivity contribution in [1.29, 1.82) is 0 Å². The maximum atomic E-state index is 8.36. The van der Waals surface area contributed by atoms with Gasteiger partial charge in [0.2, 0.25) is 0 Å². The predicted octanol–water partition coefficient (Wildman–Crippen LogP) is 0.925. The van der Waals surface area contributed by atoms with Crippen LogP contribution in [-0.4, -0.2) is 96.7 Å². The number of fused-ring (bicyclic) bond motifs is 4. The van der Waals surface area contributed by atoms with Gasteiger partial charge in [0.05, 0.1) is 31.3 Å². The van der Waals surface area contributed by atoms with Crippen LogP contribution in [0.2, 0.25) is 0 Å². The Morgan fingerprint density at radius 3 is 2.54 bits per heavy atom. The van der Waals surface area contributed by atoms with E-state index in [1.54, 1.807) is 12.7 Å². The maximum Gasteiger partial charge on any atom is 0.290 e. The normalized spacial score (nSPS) is 19.7. The highest BCUT2D eigenvalue weighted by Gasteiger charge is 2.35. The number of aryl methyl sites for hydroxylation is 2. The Labute approximate surface area is 202 Å². The van der Waals surface area contributed by atoms with Gasteiger partial charge in [-0.3, -0.25) is 19.2 Å². The Bertz CT molecular complexity index is 1110. The lowest BCUT2D eigenvalue weighted by molar-refractivity contribution is -0.123. The summed E-state index contributed by atoms with van der Waals surface area (Å²) in [5.74, 6) is 1.36. The van der Waals surface area contributed by atoms with Crippen LogP contribution >= 0.6 is 0 Å². The molecule has 3 N–H and O–H groups in total. The number of nitrogens with one attached hydrogen (secondary N) is 1. The number of anilines is 1. The minimum absolute atomic E-state index is 0.241. The quantitative estimate of drug-likeness (QED) is 0.448. The van der Waals surface area contributed by atoms with Crippen molar-refractivity contribution in [2.24, 2.45) is 5.92 Å². The molecule has 3 aromatic rings. The first-order valence-electron chi connectivity index (χ1n) is 11.4. The molecule has 0 aliphatic carbocycles. The summed E-state index contributed by atoms with van der Waals surface area (Å²) in [5.41, 5.74) is 5.40. The fourth-order valence-corrected chi connectivity index (χ4v) is 4.79. The molecule has 2 atom stereocenters. The van der Waals surface area contributed by atoms with E-state index in [-0.39, 0.29) is 19.0 Å². The molecule has 0 saturated carbocycles. The van der Waals surface area contributed by atoms with Crippen molar-refractivity contribution in [2.75, 3.05) is 37.7 Å². The summed E-state index contributed by atoms with van der Waals surface area (Å²) >= 11 is 0. The molecule has 0 aromatic carbocycles. The summed E-state index contributed by atoms with van der Waals surface area (Å²) in [4.78, 5) is 38.1. The van der Waals surface area contributed by atoms with Gasteiger partial charge in [0.1, 0.15) is 11.8 Å². The first-order chi connectivity index (χ1) is 17.0. The highest BCUT2D eigenvalue weighted by atomic mass is 16.5. The number of hydrogen-bond acceptors (Lipinski definition) is 9. The zero-order valence-electron chi connectivity index (χ0n) is 20.2. The van der Waals surface area contributed by atoms with Crippen LogP contribution in [0.15, 0.2) is 12.7 Å². The molecular formula is C22H32N8O5. The Hall–Kier alpha value is -3.58. The fraction of sp³-hybridized carbons (Fsp3) is 0.545. The summed E-state index contributed by atoms with van der Waals surface area (Å²) < 4.78 is 8.13. The number of carbonyl (C=O) groups is 2. The van der Waals surface area contributed by atoms with Gasteiger partial charge in [-0.2, -0.15) is 5.10 Å². The highest BCUT2D eigenvalue weighted by molar-refractivity contribution is 5.82. The molecule has 2 fully saturated rings. The average Bonchev–Trinajstić information content (AvgIpc) is 3.28. The molecule has 0 amide bonds. The fourth-order valence-electron chi connectivity index (χ4n) is 4.79. The molecule has 0 spiro atoms. The summed E-state index contributed by atoms with van der Waals surface area (Å²) in [6, 6.07) is 0.241. The number of aromatic amines is 1. The van der Waals surface area contributed by atoms with Crippen LogP contribution in [-0.2, 0) is 27.4 Å². The van der Waals surface area contributed by atoms with E-state index in [1.807, 2.05) is 0 Å². The van der Waals surface area contributed by atoms with Crippen LogP contribution in [0.3, 0.4) is 0 Å².